The normalized spacial score (nSPS) is 14.2. The Morgan fingerprint density at radius 1 is 1.30 bits per heavy atom. The number of anilines is 1. The van der Waals surface area contributed by atoms with Crippen molar-refractivity contribution in [2.24, 2.45) is 0 Å². The summed E-state index contributed by atoms with van der Waals surface area (Å²) in [5.74, 6) is 0. The van der Waals surface area contributed by atoms with Crippen molar-refractivity contribution < 1.29 is 32.4 Å². The number of hydrogen-bond acceptors (Lipinski definition) is 7. The Morgan fingerprint density at radius 2 is 1.95 bits per heavy atom. The fourth-order valence-electron chi connectivity index (χ4n) is 1.30. The molecule has 0 aliphatic rings. The van der Waals surface area contributed by atoms with Crippen LogP contribution < -0.4 is 5.32 Å². The highest BCUT2D eigenvalue weighted by Gasteiger charge is 2.33. The zero-order valence-electron chi connectivity index (χ0n) is 9.46. The SMILES string of the molecule is O=[P+](O)OC(Nc1nc2cc(Cl)ccc2o1)O[P+](=O)O. The van der Waals surface area contributed by atoms with Crippen molar-refractivity contribution in [1.29, 1.82) is 0 Å². The van der Waals surface area contributed by atoms with Crippen LogP contribution in [0.25, 0.3) is 11.1 Å². The van der Waals surface area contributed by atoms with Gasteiger partial charge in [-0.1, -0.05) is 20.6 Å². The van der Waals surface area contributed by atoms with Crippen LogP contribution in [0.15, 0.2) is 22.6 Å². The number of halogens is 1. The van der Waals surface area contributed by atoms with E-state index in [-0.39, 0.29) is 6.01 Å². The molecule has 2 unspecified atom stereocenters. The molecule has 2 aromatic rings. The summed E-state index contributed by atoms with van der Waals surface area (Å²) in [5.41, 5.74) is 0.804. The molecule has 0 aliphatic heterocycles. The zero-order chi connectivity index (χ0) is 14.7. The lowest BCUT2D eigenvalue weighted by molar-refractivity contribution is 0.0244. The first-order valence-corrected chi connectivity index (χ1v) is 7.56. The Balaban J connectivity index is 2.18. The number of nitrogens with zero attached hydrogens (tertiary/aromatic N) is 1. The van der Waals surface area contributed by atoms with E-state index >= 15 is 0 Å². The quantitative estimate of drug-likeness (QED) is 0.536. The molecule has 1 heterocycles. The minimum atomic E-state index is -3.06. The van der Waals surface area contributed by atoms with E-state index in [9.17, 15) is 9.13 Å². The summed E-state index contributed by atoms with van der Waals surface area (Å²) in [4.78, 5) is 21.2. The molecule has 106 valence electrons. The Hall–Kier alpha value is -1.18. The number of oxazole rings is 1. The number of aromatic nitrogens is 1. The van der Waals surface area contributed by atoms with Crippen LogP contribution in [0.4, 0.5) is 6.01 Å². The average molecular weight is 341 g/mol. The van der Waals surface area contributed by atoms with Gasteiger partial charge in [0.2, 0.25) is 0 Å². The molecule has 0 bridgehead atoms. The molecule has 0 spiro atoms. The maximum absolute atomic E-state index is 10.6. The van der Waals surface area contributed by atoms with Gasteiger partial charge < -0.3 is 4.42 Å². The summed E-state index contributed by atoms with van der Waals surface area (Å²) < 4.78 is 35.0. The number of fused-ring (bicyclic) bond motifs is 1. The summed E-state index contributed by atoms with van der Waals surface area (Å²) in [7, 11) is -6.13. The molecule has 0 radical (unpaired) electrons. The predicted octanol–water partition coefficient (Wildman–Crippen LogP) is 2.51. The highest BCUT2D eigenvalue weighted by molar-refractivity contribution is 7.32. The topological polar surface area (TPSA) is 131 Å². The van der Waals surface area contributed by atoms with Crippen LogP contribution in [0.2, 0.25) is 5.02 Å². The molecule has 3 N–H and O–H groups in total. The first-order valence-electron chi connectivity index (χ1n) is 4.92. The molecule has 1 aromatic heterocycles. The lowest BCUT2D eigenvalue weighted by Gasteiger charge is -2.02. The molecule has 0 saturated heterocycles. The monoisotopic (exact) mass is 340 g/mol. The van der Waals surface area contributed by atoms with Crippen molar-refractivity contribution in [3.63, 3.8) is 0 Å². The third-order valence-corrected chi connectivity index (χ3v) is 2.94. The van der Waals surface area contributed by atoms with Crippen molar-refractivity contribution in [2.45, 2.75) is 6.41 Å². The molecule has 0 amide bonds. The second-order valence-corrected chi connectivity index (χ2v) is 5.10. The molecule has 0 saturated carbocycles. The van der Waals surface area contributed by atoms with E-state index in [0.717, 1.165) is 0 Å². The van der Waals surface area contributed by atoms with Gasteiger partial charge in [0, 0.05) is 14.2 Å². The Labute approximate surface area is 118 Å². The molecule has 0 aliphatic carbocycles. The fraction of sp³-hybridized carbons (Fsp3) is 0.125. The van der Waals surface area contributed by atoms with E-state index in [2.05, 4.69) is 19.3 Å². The van der Waals surface area contributed by atoms with E-state index in [0.29, 0.717) is 16.1 Å². The van der Waals surface area contributed by atoms with Crippen LogP contribution in [0.3, 0.4) is 0 Å². The van der Waals surface area contributed by atoms with E-state index < -0.39 is 22.9 Å². The Bertz CT molecular complexity index is 647. The second kappa shape index (κ2) is 6.51. The van der Waals surface area contributed by atoms with Gasteiger partial charge in [0.05, 0.1) is 0 Å². The Kier molecular flexibility index (Phi) is 4.95. The van der Waals surface area contributed by atoms with Crippen molar-refractivity contribution in [1.82, 2.24) is 4.98 Å². The fourth-order valence-corrected chi connectivity index (χ4v) is 2.05. The van der Waals surface area contributed by atoms with Crippen LogP contribution in [0.5, 0.6) is 0 Å². The highest BCUT2D eigenvalue weighted by atomic mass is 35.5. The summed E-state index contributed by atoms with van der Waals surface area (Å²) in [6.07, 6.45) is -1.68. The van der Waals surface area contributed by atoms with Crippen molar-refractivity contribution in [3.05, 3.63) is 23.2 Å². The zero-order valence-corrected chi connectivity index (χ0v) is 12.0. The van der Waals surface area contributed by atoms with Crippen LogP contribution in [0, 0.1) is 0 Å². The van der Waals surface area contributed by atoms with Crippen LogP contribution >= 0.6 is 28.1 Å². The number of hydrogen-bond donors (Lipinski definition) is 3. The first-order chi connectivity index (χ1) is 9.44. The molecule has 1 aromatic carbocycles. The summed E-state index contributed by atoms with van der Waals surface area (Å²) in [6, 6.07) is 4.53. The smallest absolute Gasteiger partial charge is 0.423 e. The maximum Gasteiger partial charge on any atom is 0.699 e. The third kappa shape index (κ3) is 4.16. The van der Waals surface area contributed by atoms with Gasteiger partial charge in [0.1, 0.15) is 5.52 Å². The average Bonchev–Trinajstić information content (AvgIpc) is 2.68. The van der Waals surface area contributed by atoms with E-state index in [4.69, 9.17) is 25.8 Å². The highest BCUT2D eigenvalue weighted by Crippen LogP contribution is 2.28. The molecule has 9 nitrogen and oxygen atoms in total. The van der Waals surface area contributed by atoms with Gasteiger partial charge in [0.15, 0.2) is 5.58 Å². The minimum absolute atomic E-state index is 0.138. The van der Waals surface area contributed by atoms with Crippen LogP contribution in [0.1, 0.15) is 0 Å². The minimum Gasteiger partial charge on any atom is -0.423 e. The van der Waals surface area contributed by atoms with Crippen molar-refractivity contribution >= 4 is 45.2 Å². The molecular formula is C8H7ClN2O7P2+2. The Morgan fingerprint density at radius 3 is 2.55 bits per heavy atom. The first kappa shape index (κ1) is 15.2. The summed E-state index contributed by atoms with van der Waals surface area (Å²) >= 11 is 5.78. The van der Waals surface area contributed by atoms with Crippen molar-refractivity contribution in [2.75, 3.05) is 5.32 Å². The van der Waals surface area contributed by atoms with Gasteiger partial charge in [-0.15, -0.1) is 9.79 Å². The van der Waals surface area contributed by atoms with Crippen LogP contribution in [-0.4, -0.2) is 21.2 Å². The molecule has 2 atom stereocenters. The number of nitrogens with one attached hydrogen (secondary N) is 1. The molecule has 20 heavy (non-hydrogen) atoms. The van der Waals surface area contributed by atoms with Gasteiger partial charge in [-0.3, -0.25) is 5.32 Å². The summed E-state index contributed by atoms with van der Waals surface area (Å²) in [5, 5.41) is 2.74. The third-order valence-electron chi connectivity index (χ3n) is 1.96. The largest absolute Gasteiger partial charge is 0.699 e. The van der Waals surface area contributed by atoms with Gasteiger partial charge in [0.25, 0.3) is 6.01 Å². The van der Waals surface area contributed by atoms with Crippen LogP contribution in [-0.2, 0) is 18.2 Å². The lowest BCUT2D eigenvalue weighted by atomic mass is 10.3. The molecule has 12 heteroatoms. The standard InChI is InChI=1S/C8H5ClN2O7P2/c9-4-1-2-6-5(3-4)10-7(16-6)11-8(17-19(12)13)18-20(14)15/h1-3,8H,(H-2,10,11,12,13,14,15)/p+2. The second-order valence-electron chi connectivity index (χ2n) is 3.29. The van der Waals surface area contributed by atoms with Gasteiger partial charge in [-0.2, -0.15) is 4.98 Å². The van der Waals surface area contributed by atoms with Gasteiger partial charge >= 0.3 is 22.9 Å². The number of rotatable bonds is 6. The van der Waals surface area contributed by atoms with Gasteiger partial charge in [-0.25, -0.2) is 0 Å². The molecular weight excluding hydrogens is 333 g/mol. The van der Waals surface area contributed by atoms with Gasteiger partial charge in [-0.05, 0) is 18.2 Å². The van der Waals surface area contributed by atoms with Crippen molar-refractivity contribution in [3.8, 4) is 0 Å². The maximum atomic E-state index is 10.6. The lowest BCUT2D eigenvalue weighted by Crippen LogP contribution is -2.21. The summed E-state index contributed by atoms with van der Waals surface area (Å²) in [6.45, 7) is 0. The molecule has 0 fully saturated rings. The predicted molar refractivity (Wildman–Crippen MR) is 68.3 cm³/mol. The number of benzene rings is 1. The van der Waals surface area contributed by atoms with E-state index in [1.54, 1.807) is 12.1 Å². The van der Waals surface area contributed by atoms with E-state index in [1.165, 1.54) is 6.07 Å². The molecule has 2 rings (SSSR count). The van der Waals surface area contributed by atoms with E-state index in [1.807, 2.05) is 0 Å².